The molecular weight excluding hydrogens is 284 g/mol. The van der Waals surface area contributed by atoms with Gasteiger partial charge in [-0.15, -0.1) is 0 Å². The first-order valence-electron chi connectivity index (χ1n) is 7.39. The molecule has 0 spiro atoms. The van der Waals surface area contributed by atoms with Crippen LogP contribution in [0.2, 0.25) is 0 Å². The molecule has 4 nitrogen and oxygen atoms in total. The summed E-state index contributed by atoms with van der Waals surface area (Å²) in [5.74, 6) is 0.620. The molecule has 0 bridgehead atoms. The van der Waals surface area contributed by atoms with Crippen molar-refractivity contribution < 1.29 is 9.84 Å². The lowest BCUT2D eigenvalue weighted by Gasteiger charge is -2.28. The van der Waals surface area contributed by atoms with E-state index in [2.05, 4.69) is 18.7 Å². The average Bonchev–Trinajstić information content (AvgIpc) is 2.46. The second-order valence-corrected chi connectivity index (χ2v) is 5.67. The highest BCUT2D eigenvalue weighted by molar-refractivity contribution is 7.80. The van der Waals surface area contributed by atoms with Crippen LogP contribution < -0.4 is 10.5 Å². The third-order valence-corrected chi connectivity index (χ3v) is 3.87. The highest BCUT2D eigenvalue weighted by atomic mass is 32.1. The first-order valence-corrected chi connectivity index (χ1v) is 7.80. The van der Waals surface area contributed by atoms with Crippen molar-refractivity contribution in [2.75, 3.05) is 20.2 Å². The highest BCUT2D eigenvalue weighted by Crippen LogP contribution is 2.18. The van der Waals surface area contributed by atoms with Gasteiger partial charge in [-0.05, 0) is 32.0 Å². The summed E-state index contributed by atoms with van der Waals surface area (Å²) in [6, 6.07) is 7.84. The van der Waals surface area contributed by atoms with E-state index in [0.29, 0.717) is 28.9 Å². The van der Waals surface area contributed by atoms with E-state index in [1.54, 1.807) is 0 Å². The van der Waals surface area contributed by atoms with Crippen LogP contribution in [0.25, 0.3) is 0 Å². The van der Waals surface area contributed by atoms with Gasteiger partial charge >= 0.3 is 0 Å². The molecule has 1 aromatic rings. The Bertz CT molecular complexity index is 450. The number of hydrogen-bond donors (Lipinski definition) is 2. The summed E-state index contributed by atoms with van der Waals surface area (Å²) < 4.78 is 5.66. The summed E-state index contributed by atoms with van der Waals surface area (Å²) in [7, 11) is 2.03. The van der Waals surface area contributed by atoms with Crippen LogP contribution in [0.4, 0.5) is 0 Å². The smallest absolute Gasteiger partial charge is 0.129 e. The molecule has 0 saturated carbocycles. The quantitative estimate of drug-likeness (QED) is 0.685. The molecule has 0 aromatic heterocycles. The minimum atomic E-state index is -0.546. The first-order chi connectivity index (χ1) is 9.99. The zero-order chi connectivity index (χ0) is 15.8. The van der Waals surface area contributed by atoms with Crippen molar-refractivity contribution in [1.29, 1.82) is 0 Å². The second-order valence-electron chi connectivity index (χ2n) is 5.24. The fraction of sp³-hybridized carbons (Fsp3) is 0.562. The molecule has 0 aliphatic carbocycles. The molecule has 0 amide bonds. The zero-order valence-electron chi connectivity index (χ0n) is 13.1. The molecule has 1 unspecified atom stereocenters. The number of aliphatic hydroxyl groups excluding tert-OH is 1. The highest BCUT2D eigenvalue weighted by Gasteiger charge is 2.16. The molecule has 0 aliphatic rings. The summed E-state index contributed by atoms with van der Waals surface area (Å²) >= 11 is 4.99. The largest absolute Gasteiger partial charge is 0.490 e. The molecule has 1 atom stereocenters. The number of aliphatic hydroxyl groups is 1. The molecule has 0 heterocycles. The third-order valence-electron chi connectivity index (χ3n) is 3.65. The first kappa shape index (κ1) is 17.9. The number of rotatable bonds is 9. The van der Waals surface area contributed by atoms with Crippen LogP contribution in [-0.2, 0) is 0 Å². The zero-order valence-corrected chi connectivity index (χ0v) is 13.9. The van der Waals surface area contributed by atoms with Gasteiger partial charge in [0.1, 0.15) is 23.4 Å². The molecule has 0 aliphatic heterocycles. The molecule has 0 saturated heterocycles. The van der Waals surface area contributed by atoms with Crippen LogP contribution in [0.3, 0.4) is 0 Å². The topological polar surface area (TPSA) is 58.7 Å². The number of benzene rings is 1. The molecular formula is C16H26N2O2S. The number of nitrogens with two attached hydrogens (primary N) is 1. The minimum absolute atomic E-state index is 0.226. The van der Waals surface area contributed by atoms with Crippen molar-refractivity contribution in [3.8, 4) is 5.75 Å². The van der Waals surface area contributed by atoms with Crippen LogP contribution in [0.15, 0.2) is 24.3 Å². The lowest BCUT2D eigenvalue weighted by molar-refractivity contribution is 0.0615. The summed E-state index contributed by atoms with van der Waals surface area (Å²) in [6.45, 7) is 5.13. The van der Waals surface area contributed by atoms with E-state index in [-0.39, 0.29) is 6.61 Å². The molecule has 1 rings (SSSR count). The van der Waals surface area contributed by atoms with Crippen LogP contribution >= 0.6 is 12.2 Å². The fourth-order valence-corrected chi connectivity index (χ4v) is 2.60. The van der Waals surface area contributed by atoms with Gasteiger partial charge in [0.05, 0.1) is 5.56 Å². The maximum atomic E-state index is 10.1. The summed E-state index contributed by atoms with van der Waals surface area (Å²) in [4.78, 5) is 2.47. The van der Waals surface area contributed by atoms with Gasteiger partial charge in [0.15, 0.2) is 0 Å². The van der Waals surface area contributed by atoms with Gasteiger partial charge in [0.25, 0.3) is 0 Å². The van der Waals surface area contributed by atoms with Gasteiger partial charge in [-0.1, -0.05) is 38.2 Å². The lowest BCUT2D eigenvalue weighted by Crippen LogP contribution is -2.39. The van der Waals surface area contributed by atoms with Crippen molar-refractivity contribution >= 4 is 17.2 Å². The summed E-state index contributed by atoms with van der Waals surface area (Å²) in [6.07, 6.45) is 1.60. The van der Waals surface area contributed by atoms with Crippen LogP contribution in [0.1, 0.15) is 32.3 Å². The molecule has 21 heavy (non-hydrogen) atoms. The Kier molecular flexibility index (Phi) is 7.64. The molecule has 3 N–H and O–H groups in total. The Balaban J connectivity index is 2.53. The lowest BCUT2D eigenvalue weighted by atomic mass is 10.1. The Labute approximate surface area is 132 Å². The molecule has 5 heteroatoms. The van der Waals surface area contributed by atoms with E-state index in [1.807, 2.05) is 31.3 Å². The van der Waals surface area contributed by atoms with Crippen molar-refractivity contribution in [2.45, 2.75) is 38.8 Å². The number of hydrogen-bond acceptors (Lipinski definition) is 4. The van der Waals surface area contributed by atoms with E-state index in [4.69, 9.17) is 22.7 Å². The SMILES string of the molecule is CCC(CC)N(C)CC(O)COc1ccccc1C(N)=S. The number of para-hydroxylation sites is 1. The summed E-state index contributed by atoms with van der Waals surface area (Å²) in [5, 5.41) is 10.1. The number of nitrogens with zero attached hydrogens (tertiary/aromatic N) is 1. The number of thiocarbonyl (C=S) groups is 1. The maximum Gasteiger partial charge on any atom is 0.129 e. The van der Waals surface area contributed by atoms with E-state index >= 15 is 0 Å². The van der Waals surface area contributed by atoms with E-state index in [0.717, 1.165) is 12.8 Å². The fourth-order valence-electron chi connectivity index (χ4n) is 2.43. The predicted octanol–water partition coefficient (Wildman–Crippen LogP) is 2.18. The summed E-state index contributed by atoms with van der Waals surface area (Å²) in [5.41, 5.74) is 6.36. The minimum Gasteiger partial charge on any atom is -0.490 e. The van der Waals surface area contributed by atoms with Crippen molar-refractivity contribution in [1.82, 2.24) is 4.90 Å². The second kappa shape index (κ2) is 8.97. The van der Waals surface area contributed by atoms with Gasteiger partial charge in [-0.3, -0.25) is 0 Å². The Morgan fingerprint density at radius 3 is 2.52 bits per heavy atom. The van der Waals surface area contributed by atoms with Crippen LogP contribution in [0.5, 0.6) is 5.75 Å². The Morgan fingerprint density at radius 1 is 1.33 bits per heavy atom. The van der Waals surface area contributed by atoms with Gasteiger partial charge < -0.3 is 20.5 Å². The van der Waals surface area contributed by atoms with Crippen LogP contribution in [0, 0.1) is 0 Å². The van der Waals surface area contributed by atoms with Crippen molar-refractivity contribution in [3.63, 3.8) is 0 Å². The Hall–Kier alpha value is -1.17. The van der Waals surface area contributed by atoms with Gasteiger partial charge in [0.2, 0.25) is 0 Å². The van der Waals surface area contributed by atoms with Crippen molar-refractivity contribution in [3.05, 3.63) is 29.8 Å². The molecule has 0 radical (unpaired) electrons. The van der Waals surface area contributed by atoms with E-state index < -0.39 is 6.10 Å². The molecule has 1 aromatic carbocycles. The van der Waals surface area contributed by atoms with Gasteiger partial charge in [-0.25, -0.2) is 0 Å². The Morgan fingerprint density at radius 2 is 1.95 bits per heavy atom. The third kappa shape index (κ3) is 5.61. The van der Waals surface area contributed by atoms with Gasteiger partial charge in [0, 0.05) is 12.6 Å². The van der Waals surface area contributed by atoms with E-state index in [9.17, 15) is 5.11 Å². The molecule has 0 fully saturated rings. The molecule has 118 valence electrons. The monoisotopic (exact) mass is 310 g/mol. The maximum absolute atomic E-state index is 10.1. The standard InChI is InChI=1S/C16H26N2O2S/c1-4-12(5-2)18(3)10-13(19)11-20-15-9-7-6-8-14(15)16(17)21/h6-9,12-13,19H,4-5,10-11H2,1-3H3,(H2,17,21). The average molecular weight is 310 g/mol. The van der Waals surface area contributed by atoms with Gasteiger partial charge in [-0.2, -0.15) is 0 Å². The van der Waals surface area contributed by atoms with Crippen molar-refractivity contribution in [2.24, 2.45) is 5.73 Å². The normalized spacial score (nSPS) is 12.7. The van der Waals surface area contributed by atoms with Crippen LogP contribution in [-0.4, -0.2) is 47.3 Å². The predicted molar refractivity (Wildman–Crippen MR) is 90.8 cm³/mol. The van der Waals surface area contributed by atoms with E-state index in [1.165, 1.54) is 0 Å². The number of ether oxygens (including phenoxy) is 1. The number of likely N-dealkylation sites (N-methyl/N-ethyl adjacent to an activating group) is 1.